The monoisotopic (exact) mass is 255 g/mol. The average Bonchev–Trinajstić information content (AvgIpc) is 2.53. The molecule has 2 N–H and O–H groups in total. The minimum absolute atomic E-state index is 0.657. The van der Waals surface area contributed by atoms with Gasteiger partial charge in [0.25, 0.3) is 0 Å². The Labute approximate surface area is 87.7 Å². The topological polar surface area (TPSA) is 51.8 Å². The SMILES string of the molecule is Nc1cnncc1-c1ccc(Br)s1. The molecule has 2 rings (SSSR count). The Hall–Kier alpha value is -0.940. The number of halogens is 1. The van der Waals surface area contributed by atoms with E-state index in [1.54, 1.807) is 23.7 Å². The summed E-state index contributed by atoms with van der Waals surface area (Å²) >= 11 is 5.02. The third kappa shape index (κ3) is 1.71. The molecule has 66 valence electrons. The second kappa shape index (κ2) is 3.43. The molecule has 13 heavy (non-hydrogen) atoms. The highest BCUT2D eigenvalue weighted by Crippen LogP contribution is 2.33. The highest BCUT2D eigenvalue weighted by molar-refractivity contribution is 9.11. The van der Waals surface area contributed by atoms with Gasteiger partial charge in [-0.25, -0.2) is 0 Å². The van der Waals surface area contributed by atoms with Crippen molar-refractivity contribution in [3.63, 3.8) is 0 Å². The van der Waals surface area contributed by atoms with Crippen LogP contribution in [0.1, 0.15) is 0 Å². The van der Waals surface area contributed by atoms with Crippen LogP contribution in [0, 0.1) is 0 Å². The van der Waals surface area contributed by atoms with Crippen LogP contribution >= 0.6 is 27.3 Å². The van der Waals surface area contributed by atoms with Crippen LogP contribution in [0.4, 0.5) is 5.69 Å². The molecule has 0 saturated carbocycles. The number of hydrogen-bond donors (Lipinski definition) is 1. The summed E-state index contributed by atoms with van der Waals surface area (Å²) in [6.45, 7) is 0. The first-order chi connectivity index (χ1) is 6.27. The maximum atomic E-state index is 5.75. The lowest BCUT2D eigenvalue weighted by Gasteiger charge is -1.98. The van der Waals surface area contributed by atoms with E-state index in [0.717, 1.165) is 14.2 Å². The van der Waals surface area contributed by atoms with Crippen LogP contribution in [0.15, 0.2) is 28.3 Å². The smallest absolute Gasteiger partial charge is 0.0732 e. The van der Waals surface area contributed by atoms with Crippen LogP contribution in [-0.2, 0) is 0 Å². The second-order valence-corrected chi connectivity index (χ2v) is 4.92. The molecule has 0 aliphatic rings. The van der Waals surface area contributed by atoms with E-state index in [2.05, 4.69) is 26.1 Å². The first-order valence-electron chi connectivity index (χ1n) is 3.59. The molecule has 2 aromatic heterocycles. The average molecular weight is 256 g/mol. The van der Waals surface area contributed by atoms with Gasteiger partial charge in [-0.3, -0.25) is 0 Å². The lowest BCUT2D eigenvalue weighted by molar-refractivity contribution is 1.04. The Morgan fingerprint density at radius 1 is 1.23 bits per heavy atom. The van der Waals surface area contributed by atoms with Crippen molar-refractivity contribution in [3.05, 3.63) is 28.3 Å². The predicted octanol–water partition coefficient (Wildman–Crippen LogP) is 2.55. The van der Waals surface area contributed by atoms with Gasteiger partial charge < -0.3 is 5.73 Å². The van der Waals surface area contributed by atoms with Gasteiger partial charge in [0, 0.05) is 10.4 Å². The molecule has 0 fully saturated rings. The molecule has 0 bridgehead atoms. The van der Waals surface area contributed by atoms with Crippen molar-refractivity contribution in [1.29, 1.82) is 0 Å². The zero-order chi connectivity index (χ0) is 9.26. The van der Waals surface area contributed by atoms with Crippen molar-refractivity contribution in [3.8, 4) is 10.4 Å². The standard InChI is InChI=1S/C8H6BrN3S/c9-8-2-1-7(13-8)5-3-11-12-4-6(5)10/h1-4H,(H2,10,11). The number of thiophene rings is 1. The largest absolute Gasteiger partial charge is 0.397 e. The molecular formula is C8H6BrN3S. The summed E-state index contributed by atoms with van der Waals surface area (Å²) in [6, 6.07) is 3.99. The van der Waals surface area contributed by atoms with Crippen molar-refractivity contribution in [2.75, 3.05) is 5.73 Å². The maximum absolute atomic E-state index is 5.75. The van der Waals surface area contributed by atoms with Crippen LogP contribution in [0.2, 0.25) is 0 Å². The summed E-state index contributed by atoms with van der Waals surface area (Å²) in [5.41, 5.74) is 7.34. The molecule has 0 atom stereocenters. The molecule has 5 heteroatoms. The van der Waals surface area contributed by atoms with Crippen molar-refractivity contribution >= 4 is 33.0 Å². The molecule has 0 aliphatic carbocycles. The fourth-order valence-corrected chi connectivity index (χ4v) is 2.41. The third-order valence-electron chi connectivity index (χ3n) is 1.60. The van der Waals surface area contributed by atoms with Gasteiger partial charge in [-0.2, -0.15) is 10.2 Å². The molecule has 2 heterocycles. The number of nitrogen functional groups attached to an aromatic ring is 1. The Morgan fingerprint density at radius 2 is 2.00 bits per heavy atom. The Kier molecular flexibility index (Phi) is 2.28. The van der Waals surface area contributed by atoms with Gasteiger partial charge in [0.15, 0.2) is 0 Å². The van der Waals surface area contributed by atoms with Gasteiger partial charge in [-0.1, -0.05) is 0 Å². The quantitative estimate of drug-likeness (QED) is 0.853. The summed E-state index contributed by atoms with van der Waals surface area (Å²) in [5, 5.41) is 7.49. The van der Waals surface area contributed by atoms with Gasteiger partial charge in [0.2, 0.25) is 0 Å². The summed E-state index contributed by atoms with van der Waals surface area (Å²) < 4.78 is 1.08. The van der Waals surface area contributed by atoms with Gasteiger partial charge in [-0.15, -0.1) is 11.3 Å². The zero-order valence-electron chi connectivity index (χ0n) is 6.57. The lowest BCUT2D eigenvalue weighted by Crippen LogP contribution is -1.91. The first-order valence-corrected chi connectivity index (χ1v) is 5.20. The van der Waals surface area contributed by atoms with E-state index in [1.165, 1.54) is 0 Å². The van der Waals surface area contributed by atoms with E-state index in [4.69, 9.17) is 5.73 Å². The number of nitrogens with zero attached hydrogens (tertiary/aromatic N) is 2. The van der Waals surface area contributed by atoms with Crippen LogP contribution in [0.5, 0.6) is 0 Å². The van der Waals surface area contributed by atoms with E-state index >= 15 is 0 Å². The van der Waals surface area contributed by atoms with Crippen LogP contribution in [-0.4, -0.2) is 10.2 Å². The van der Waals surface area contributed by atoms with Crippen molar-refractivity contribution < 1.29 is 0 Å². The number of rotatable bonds is 1. The maximum Gasteiger partial charge on any atom is 0.0732 e. The zero-order valence-corrected chi connectivity index (χ0v) is 8.97. The van der Waals surface area contributed by atoms with Gasteiger partial charge >= 0.3 is 0 Å². The molecular weight excluding hydrogens is 250 g/mol. The van der Waals surface area contributed by atoms with Gasteiger partial charge in [-0.05, 0) is 28.1 Å². The molecule has 0 amide bonds. The summed E-state index contributed by atoms with van der Waals surface area (Å²) in [6.07, 6.45) is 3.23. The van der Waals surface area contributed by atoms with Crippen molar-refractivity contribution in [2.45, 2.75) is 0 Å². The molecule has 0 saturated heterocycles. The number of aromatic nitrogens is 2. The second-order valence-electron chi connectivity index (χ2n) is 2.46. The molecule has 0 radical (unpaired) electrons. The fourth-order valence-electron chi connectivity index (χ4n) is 0.996. The van der Waals surface area contributed by atoms with E-state index in [9.17, 15) is 0 Å². The van der Waals surface area contributed by atoms with E-state index in [0.29, 0.717) is 5.69 Å². The Balaban J connectivity index is 2.52. The number of nitrogens with two attached hydrogens (primary N) is 1. The Morgan fingerprint density at radius 3 is 2.62 bits per heavy atom. The van der Waals surface area contributed by atoms with Crippen molar-refractivity contribution in [2.24, 2.45) is 0 Å². The van der Waals surface area contributed by atoms with Gasteiger partial charge in [0.1, 0.15) is 0 Å². The molecule has 2 aromatic rings. The van der Waals surface area contributed by atoms with E-state index in [-0.39, 0.29) is 0 Å². The molecule has 0 unspecified atom stereocenters. The highest BCUT2D eigenvalue weighted by atomic mass is 79.9. The van der Waals surface area contributed by atoms with E-state index < -0.39 is 0 Å². The summed E-state index contributed by atoms with van der Waals surface area (Å²) in [7, 11) is 0. The number of hydrogen-bond acceptors (Lipinski definition) is 4. The van der Waals surface area contributed by atoms with Crippen LogP contribution in [0.25, 0.3) is 10.4 Å². The first kappa shape index (κ1) is 8.65. The van der Waals surface area contributed by atoms with Crippen LogP contribution in [0.3, 0.4) is 0 Å². The van der Waals surface area contributed by atoms with Crippen molar-refractivity contribution in [1.82, 2.24) is 10.2 Å². The van der Waals surface area contributed by atoms with E-state index in [1.807, 2.05) is 12.1 Å². The lowest BCUT2D eigenvalue weighted by atomic mass is 10.2. The minimum atomic E-state index is 0.657. The molecule has 0 spiro atoms. The molecule has 0 aliphatic heterocycles. The molecule has 0 aromatic carbocycles. The predicted molar refractivity (Wildman–Crippen MR) is 57.5 cm³/mol. The van der Waals surface area contributed by atoms with Gasteiger partial charge in [0.05, 0.1) is 21.9 Å². The summed E-state index contributed by atoms with van der Waals surface area (Å²) in [5.74, 6) is 0. The highest BCUT2D eigenvalue weighted by Gasteiger charge is 2.04. The van der Waals surface area contributed by atoms with Crippen LogP contribution < -0.4 is 5.73 Å². The third-order valence-corrected chi connectivity index (χ3v) is 3.26. The normalized spacial score (nSPS) is 10.2. The molecule has 3 nitrogen and oxygen atoms in total. The minimum Gasteiger partial charge on any atom is -0.397 e. The Bertz CT molecular complexity index is 427. The summed E-state index contributed by atoms with van der Waals surface area (Å²) in [4.78, 5) is 1.10. The fraction of sp³-hybridized carbons (Fsp3) is 0. The number of anilines is 1.